The molecular formula is C18H24BrN3O4. The summed E-state index contributed by atoms with van der Waals surface area (Å²) in [6.45, 7) is 6.04. The largest absolute Gasteiger partial charge is 0.444 e. The highest BCUT2D eigenvalue weighted by atomic mass is 79.9. The summed E-state index contributed by atoms with van der Waals surface area (Å²) in [7, 11) is 0. The van der Waals surface area contributed by atoms with E-state index in [0.717, 1.165) is 10.0 Å². The highest BCUT2D eigenvalue weighted by molar-refractivity contribution is 9.10. The summed E-state index contributed by atoms with van der Waals surface area (Å²) < 4.78 is 6.27. The van der Waals surface area contributed by atoms with Crippen LogP contribution in [0.15, 0.2) is 28.7 Å². The number of rotatable bonds is 3. The summed E-state index contributed by atoms with van der Waals surface area (Å²) in [5.74, 6) is -0.498. The first-order valence-electron chi connectivity index (χ1n) is 8.48. The molecule has 2 rings (SSSR count). The van der Waals surface area contributed by atoms with E-state index in [-0.39, 0.29) is 0 Å². The number of nitrogens with zero attached hydrogens (tertiary/aromatic N) is 1. The van der Waals surface area contributed by atoms with Crippen LogP contribution in [-0.4, -0.2) is 41.1 Å². The topological polar surface area (TPSA) is 87.7 Å². The van der Waals surface area contributed by atoms with Gasteiger partial charge in [-0.15, -0.1) is 0 Å². The fourth-order valence-electron chi connectivity index (χ4n) is 2.60. The molecular weight excluding hydrogens is 402 g/mol. The van der Waals surface area contributed by atoms with Crippen molar-refractivity contribution in [2.75, 3.05) is 6.54 Å². The second-order valence-electron chi connectivity index (χ2n) is 7.13. The Hall–Kier alpha value is -2.09. The van der Waals surface area contributed by atoms with Crippen molar-refractivity contribution >= 4 is 34.0 Å². The number of likely N-dealkylation sites (tertiary alicyclic amines) is 1. The van der Waals surface area contributed by atoms with Crippen molar-refractivity contribution in [3.8, 4) is 0 Å². The van der Waals surface area contributed by atoms with Gasteiger partial charge in [0.1, 0.15) is 11.6 Å². The molecule has 0 bridgehead atoms. The SMILES string of the molecule is CC(C)(C)OC(=O)N1CCC[C@H]1C(=O)NC(=O)NCc1ccc(Br)cc1. The maximum Gasteiger partial charge on any atom is 0.410 e. The minimum atomic E-state index is -0.691. The van der Waals surface area contributed by atoms with Gasteiger partial charge >= 0.3 is 12.1 Å². The van der Waals surface area contributed by atoms with Crippen LogP contribution in [0, 0.1) is 0 Å². The van der Waals surface area contributed by atoms with E-state index < -0.39 is 29.7 Å². The van der Waals surface area contributed by atoms with Crippen LogP contribution in [0.4, 0.5) is 9.59 Å². The van der Waals surface area contributed by atoms with Gasteiger partial charge in [0.15, 0.2) is 0 Å². The number of imide groups is 1. The normalized spacial score (nSPS) is 16.9. The molecule has 1 aromatic carbocycles. The van der Waals surface area contributed by atoms with Crippen LogP contribution in [0.25, 0.3) is 0 Å². The Morgan fingerprint density at radius 3 is 2.50 bits per heavy atom. The van der Waals surface area contributed by atoms with Crippen LogP contribution in [0.3, 0.4) is 0 Å². The predicted octanol–water partition coefficient (Wildman–Crippen LogP) is 3.17. The van der Waals surface area contributed by atoms with Crippen LogP contribution in [0.5, 0.6) is 0 Å². The van der Waals surface area contributed by atoms with Gasteiger partial charge in [0.25, 0.3) is 5.91 Å². The lowest BCUT2D eigenvalue weighted by Gasteiger charge is -2.27. The van der Waals surface area contributed by atoms with Crippen LogP contribution < -0.4 is 10.6 Å². The average Bonchev–Trinajstić information content (AvgIpc) is 3.02. The number of benzene rings is 1. The lowest BCUT2D eigenvalue weighted by molar-refractivity contribution is -0.124. The van der Waals surface area contributed by atoms with Crippen molar-refractivity contribution in [2.45, 2.75) is 51.8 Å². The van der Waals surface area contributed by atoms with E-state index in [1.807, 2.05) is 24.3 Å². The first-order chi connectivity index (χ1) is 12.2. The molecule has 1 aliphatic rings. The number of hydrogen-bond acceptors (Lipinski definition) is 4. The van der Waals surface area contributed by atoms with Gasteiger partial charge in [0.05, 0.1) is 0 Å². The molecule has 1 saturated heterocycles. The zero-order chi connectivity index (χ0) is 19.3. The van der Waals surface area contributed by atoms with E-state index in [0.29, 0.717) is 25.9 Å². The Kier molecular flexibility index (Phi) is 6.63. The van der Waals surface area contributed by atoms with Crippen molar-refractivity contribution in [3.63, 3.8) is 0 Å². The Morgan fingerprint density at radius 2 is 1.88 bits per heavy atom. The molecule has 142 valence electrons. The number of ether oxygens (including phenoxy) is 1. The predicted molar refractivity (Wildman–Crippen MR) is 100 cm³/mol. The molecule has 1 aromatic rings. The Morgan fingerprint density at radius 1 is 1.23 bits per heavy atom. The summed E-state index contributed by atoms with van der Waals surface area (Å²) in [5, 5.41) is 4.94. The number of hydrogen-bond donors (Lipinski definition) is 2. The molecule has 1 heterocycles. The number of carbonyl (C=O) groups excluding carboxylic acids is 3. The van der Waals surface area contributed by atoms with Gasteiger partial charge in [-0.05, 0) is 51.3 Å². The second kappa shape index (κ2) is 8.53. The number of urea groups is 1. The van der Waals surface area contributed by atoms with Gasteiger partial charge in [-0.3, -0.25) is 15.0 Å². The van der Waals surface area contributed by atoms with E-state index in [9.17, 15) is 14.4 Å². The Balaban J connectivity index is 1.86. The molecule has 0 saturated carbocycles. The van der Waals surface area contributed by atoms with Crippen molar-refractivity contribution in [1.29, 1.82) is 0 Å². The molecule has 7 nitrogen and oxygen atoms in total. The van der Waals surface area contributed by atoms with Crippen LogP contribution in [0.1, 0.15) is 39.2 Å². The fraction of sp³-hybridized carbons (Fsp3) is 0.500. The van der Waals surface area contributed by atoms with Gasteiger partial charge in [0.2, 0.25) is 0 Å². The monoisotopic (exact) mass is 425 g/mol. The maximum absolute atomic E-state index is 12.4. The van der Waals surface area contributed by atoms with Gasteiger partial charge in [-0.1, -0.05) is 28.1 Å². The summed E-state index contributed by atoms with van der Waals surface area (Å²) >= 11 is 3.34. The number of carbonyl (C=O) groups is 3. The zero-order valence-corrected chi connectivity index (χ0v) is 16.8. The summed E-state index contributed by atoms with van der Waals surface area (Å²) in [6, 6.07) is 6.20. The third kappa shape index (κ3) is 6.01. The van der Waals surface area contributed by atoms with E-state index in [1.54, 1.807) is 20.8 Å². The number of halogens is 1. The highest BCUT2D eigenvalue weighted by Crippen LogP contribution is 2.21. The van der Waals surface area contributed by atoms with Crippen molar-refractivity contribution < 1.29 is 19.1 Å². The smallest absolute Gasteiger partial charge is 0.410 e. The molecule has 26 heavy (non-hydrogen) atoms. The van der Waals surface area contributed by atoms with Crippen molar-refractivity contribution in [1.82, 2.24) is 15.5 Å². The molecule has 1 aliphatic heterocycles. The summed E-state index contributed by atoms with van der Waals surface area (Å²) in [6.07, 6.45) is 0.661. The first kappa shape index (κ1) is 20.2. The molecule has 0 aromatic heterocycles. The number of nitrogens with one attached hydrogen (secondary N) is 2. The van der Waals surface area contributed by atoms with Gasteiger partial charge in [-0.25, -0.2) is 9.59 Å². The molecule has 0 spiro atoms. The molecule has 0 radical (unpaired) electrons. The summed E-state index contributed by atoms with van der Waals surface area (Å²) in [5.41, 5.74) is 0.273. The maximum atomic E-state index is 12.4. The van der Waals surface area contributed by atoms with Crippen LogP contribution >= 0.6 is 15.9 Å². The number of amides is 4. The lowest BCUT2D eigenvalue weighted by atomic mass is 10.2. The van der Waals surface area contributed by atoms with E-state index in [4.69, 9.17) is 4.74 Å². The third-order valence-electron chi connectivity index (χ3n) is 3.79. The lowest BCUT2D eigenvalue weighted by Crippen LogP contribution is -2.50. The molecule has 8 heteroatoms. The minimum absolute atomic E-state index is 0.298. The fourth-order valence-corrected chi connectivity index (χ4v) is 2.87. The third-order valence-corrected chi connectivity index (χ3v) is 4.32. The summed E-state index contributed by atoms with van der Waals surface area (Å²) in [4.78, 5) is 37.9. The molecule has 2 N–H and O–H groups in total. The van der Waals surface area contributed by atoms with E-state index >= 15 is 0 Å². The molecule has 1 fully saturated rings. The molecule has 0 unspecified atom stereocenters. The zero-order valence-electron chi connectivity index (χ0n) is 15.2. The van der Waals surface area contributed by atoms with Gasteiger partial charge < -0.3 is 10.1 Å². The van der Waals surface area contributed by atoms with E-state index in [2.05, 4.69) is 26.6 Å². The Bertz CT molecular complexity index is 670. The molecule has 1 atom stereocenters. The minimum Gasteiger partial charge on any atom is -0.444 e. The van der Waals surface area contributed by atoms with Gasteiger partial charge in [0, 0.05) is 17.6 Å². The quantitative estimate of drug-likeness (QED) is 0.778. The van der Waals surface area contributed by atoms with Gasteiger partial charge in [-0.2, -0.15) is 0 Å². The first-order valence-corrected chi connectivity index (χ1v) is 9.28. The molecule has 0 aliphatic carbocycles. The van der Waals surface area contributed by atoms with Crippen LogP contribution in [-0.2, 0) is 16.1 Å². The highest BCUT2D eigenvalue weighted by Gasteiger charge is 2.37. The standard InChI is InChI=1S/C18H24BrN3O4/c1-18(2,3)26-17(25)22-10-4-5-14(22)15(23)21-16(24)20-11-12-6-8-13(19)9-7-12/h6-9,14H,4-5,10-11H2,1-3H3,(H2,20,21,23,24)/t14-/m0/s1. The van der Waals surface area contributed by atoms with Crippen molar-refractivity contribution in [2.24, 2.45) is 0 Å². The molecule has 4 amide bonds. The average molecular weight is 426 g/mol. The Labute approximate surface area is 161 Å². The van der Waals surface area contributed by atoms with E-state index in [1.165, 1.54) is 4.90 Å². The van der Waals surface area contributed by atoms with Crippen molar-refractivity contribution in [3.05, 3.63) is 34.3 Å². The van der Waals surface area contributed by atoms with Crippen LogP contribution in [0.2, 0.25) is 0 Å². The second-order valence-corrected chi connectivity index (χ2v) is 8.05.